The van der Waals surface area contributed by atoms with Crippen LogP contribution in [0.25, 0.3) is 6.08 Å². The van der Waals surface area contributed by atoms with E-state index < -0.39 is 0 Å². The van der Waals surface area contributed by atoms with Gasteiger partial charge in [-0.25, -0.2) is 0 Å². The molecule has 2 amide bonds. The van der Waals surface area contributed by atoms with Gasteiger partial charge in [-0.2, -0.15) is 0 Å². The van der Waals surface area contributed by atoms with Crippen LogP contribution < -0.4 is 0 Å². The van der Waals surface area contributed by atoms with Crippen LogP contribution in [0.1, 0.15) is 16.9 Å². The van der Waals surface area contributed by atoms with Gasteiger partial charge in [0.25, 0.3) is 11.1 Å². The maximum atomic E-state index is 12.7. The summed E-state index contributed by atoms with van der Waals surface area (Å²) in [5, 5.41) is 1.09. The molecule has 146 valence electrons. The van der Waals surface area contributed by atoms with Gasteiger partial charge in [-0.15, -0.1) is 0 Å². The van der Waals surface area contributed by atoms with Crippen LogP contribution in [0.4, 0.5) is 4.79 Å². The quantitative estimate of drug-likeness (QED) is 0.416. The summed E-state index contributed by atoms with van der Waals surface area (Å²) in [6.07, 6.45) is 1.62. The minimum atomic E-state index is -0.302. The second kappa shape index (κ2) is 8.53. The second-order valence-corrected chi connectivity index (χ2v) is 8.97. The van der Waals surface area contributed by atoms with Crippen LogP contribution in [0.3, 0.4) is 0 Å². The highest BCUT2D eigenvalue weighted by Gasteiger charge is 2.35. The van der Waals surface area contributed by atoms with Gasteiger partial charge in [0.2, 0.25) is 0 Å². The first kappa shape index (κ1) is 19.9. The van der Waals surface area contributed by atoms with Gasteiger partial charge < -0.3 is 4.42 Å². The molecule has 1 saturated heterocycles. The zero-order valence-corrected chi connectivity index (χ0v) is 17.8. The number of halogens is 1. The molecule has 0 atom stereocenters. The molecule has 0 radical (unpaired) electrons. The van der Waals surface area contributed by atoms with E-state index in [9.17, 15) is 9.59 Å². The molecule has 7 heteroatoms. The molecular formula is C22H16ClNO3S2. The number of hydrogen-bond acceptors (Lipinski definition) is 5. The summed E-state index contributed by atoms with van der Waals surface area (Å²) < 4.78 is 5.79. The Kier molecular flexibility index (Phi) is 5.85. The van der Waals surface area contributed by atoms with E-state index in [1.54, 1.807) is 12.1 Å². The van der Waals surface area contributed by atoms with Crippen molar-refractivity contribution in [1.29, 1.82) is 0 Å². The van der Waals surface area contributed by atoms with E-state index >= 15 is 0 Å². The fourth-order valence-electron chi connectivity index (χ4n) is 2.73. The Morgan fingerprint density at radius 3 is 2.48 bits per heavy atom. The summed E-state index contributed by atoms with van der Waals surface area (Å²) in [7, 11) is 0. The highest BCUT2D eigenvalue weighted by Crippen LogP contribution is 2.35. The van der Waals surface area contributed by atoms with Crippen molar-refractivity contribution in [2.75, 3.05) is 0 Å². The lowest BCUT2D eigenvalue weighted by atomic mass is 10.1. The normalized spacial score (nSPS) is 15.5. The van der Waals surface area contributed by atoms with E-state index in [-0.39, 0.29) is 17.7 Å². The van der Waals surface area contributed by atoms with Gasteiger partial charge in [0.15, 0.2) is 5.09 Å². The number of thioether (sulfide) groups is 1. The van der Waals surface area contributed by atoms with Crippen molar-refractivity contribution in [3.63, 3.8) is 0 Å². The van der Waals surface area contributed by atoms with Crippen LogP contribution >= 0.6 is 35.1 Å². The van der Waals surface area contributed by atoms with Gasteiger partial charge in [-0.05, 0) is 60.6 Å². The molecule has 1 aliphatic rings. The molecule has 0 saturated carbocycles. The first-order valence-electron chi connectivity index (χ1n) is 8.82. The Bertz CT molecular complexity index is 1090. The van der Waals surface area contributed by atoms with Gasteiger partial charge in [-0.1, -0.05) is 53.2 Å². The molecule has 0 N–H and O–H groups in total. The van der Waals surface area contributed by atoms with Crippen LogP contribution in [0.2, 0.25) is 5.02 Å². The number of carbonyl (C=O) groups is 2. The topological polar surface area (TPSA) is 50.5 Å². The van der Waals surface area contributed by atoms with Crippen molar-refractivity contribution >= 4 is 52.3 Å². The zero-order chi connectivity index (χ0) is 20.4. The van der Waals surface area contributed by atoms with E-state index in [2.05, 4.69) is 0 Å². The average molecular weight is 442 g/mol. The standard InChI is InChI=1S/C22H16ClNO3S2/c1-14-2-4-15(5-3-14)13-24-21(25)19(29-22(24)26)12-17-8-11-20(27-17)28-18-9-6-16(23)7-10-18/h2-12H,13H2,1H3/b19-12-. The SMILES string of the molecule is Cc1ccc(CN2C(=O)S/C(=C\c3ccc(Sc4ccc(Cl)cc4)o3)C2=O)cc1. The molecule has 2 aromatic carbocycles. The highest BCUT2D eigenvalue weighted by molar-refractivity contribution is 8.18. The number of rotatable bonds is 5. The summed E-state index contributed by atoms with van der Waals surface area (Å²) >= 11 is 8.29. The zero-order valence-electron chi connectivity index (χ0n) is 15.4. The molecule has 2 heterocycles. The third-order valence-corrected chi connectivity index (χ3v) is 6.33. The lowest BCUT2D eigenvalue weighted by molar-refractivity contribution is -0.123. The van der Waals surface area contributed by atoms with Crippen LogP contribution in [-0.4, -0.2) is 16.0 Å². The highest BCUT2D eigenvalue weighted by atomic mass is 35.5. The van der Waals surface area contributed by atoms with E-state index in [0.717, 1.165) is 27.8 Å². The molecule has 0 bridgehead atoms. The Morgan fingerprint density at radius 1 is 1.03 bits per heavy atom. The van der Waals surface area contributed by atoms with Gasteiger partial charge >= 0.3 is 0 Å². The van der Waals surface area contributed by atoms with Crippen molar-refractivity contribution in [3.8, 4) is 0 Å². The molecule has 1 aromatic heterocycles. The molecule has 1 fully saturated rings. The third-order valence-electron chi connectivity index (χ3n) is 4.24. The summed E-state index contributed by atoms with van der Waals surface area (Å²) in [5.74, 6) is 0.228. The van der Waals surface area contributed by atoms with Gasteiger partial charge in [0.05, 0.1) is 11.4 Å². The Balaban J connectivity index is 1.46. The summed E-state index contributed by atoms with van der Waals surface area (Å²) in [6.45, 7) is 2.26. The molecule has 1 aliphatic heterocycles. The van der Waals surface area contributed by atoms with Crippen molar-refractivity contribution in [1.82, 2.24) is 4.90 Å². The van der Waals surface area contributed by atoms with E-state index in [1.165, 1.54) is 16.7 Å². The van der Waals surface area contributed by atoms with Crippen molar-refractivity contribution in [2.45, 2.75) is 23.5 Å². The van der Waals surface area contributed by atoms with Crippen molar-refractivity contribution < 1.29 is 14.0 Å². The smallest absolute Gasteiger partial charge is 0.293 e. The van der Waals surface area contributed by atoms with Crippen molar-refractivity contribution in [3.05, 3.63) is 87.5 Å². The van der Waals surface area contributed by atoms with Gasteiger partial charge in [-0.3, -0.25) is 14.5 Å². The predicted octanol–water partition coefficient (Wildman–Crippen LogP) is 6.63. The molecule has 0 unspecified atom stereocenters. The molecule has 0 aliphatic carbocycles. The minimum absolute atomic E-state index is 0.262. The molecule has 4 rings (SSSR count). The molecule has 3 aromatic rings. The maximum Gasteiger partial charge on any atom is 0.293 e. The summed E-state index contributed by atoms with van der Waals surface area (Å²) in [6, 6.07) is 18.9. The third kappa shape index (κ3) is 4.78. The second-order valence-electron chi connectivity index (χ2n) is 6.47. The lowest BCUT2D eigenvalue weighted by Crippen LogP contribution is -2.27. The Hall–Kier alpha value is -2.41. The number of amides is 2. The average Bonchev–Trinajstić information content (AvgIpc) is 3.25. The fraction of sp³-hybridized carbons (Fsp3) is 0.0909. The molecule has 4 nitrogen and oxygen atoms in total. The summed E-state index contributed by atoms with van der Waals surface area (Å²) in [5.41, 5.74) is 2.05. The van der Waals surface area contributed by atoms with E-state index in [4.69, 9.17) is 16.0 Å². The van der Waals surface area contributed by atoms with Crippen LogP contribution in [-0.2, 0) is 11.3 Å². The monoisotopic (exact) mass is 441 g/mol. The number of furan rings is 1. The fourth-order valence-corrected chi connectivity index (χ4v) is 4.45. The van der Waals surface area contributed by atoms with Crippen LogP contribution in [0.5, 0.6) is 0 Å². The Morgan fingerprint density at radius 2 is 1.76 bits per heavy atom. The number of imide groups is 1. The number of nitrogens with zero attached hydrogens (tertiary/aromatic N) is 1. The first-order valence-corrected chi connectivity index (χ1v) is 10.8. The molecular weight excluding hydrogens is 426 g/mol. The van der Waals surface area contributed by atoms with Gasteiger partial charge in [0.1, 0.15) is 5.76 Å². The number of carbonyl (C=O) groups excluding carboxylic acids is 2. The molecule has 29 heavy (non-hydrogen) atoms. The minimum Gasteiger partial charge on any atom is -0.450 e. The van der Waals surface area contributed by atoms with Crippen molar-refractivity contribution in [2.24, 2.45) is 0 Å². The number of hydrogen-bond donors (Lipinski definition) is 0. The van der Waals surface area contributed by atoms with Crippen LogP contribution in [0.15, 0.2) is 80.0 Å². The number of aryl methyl sites for hydroxylation is 1. The largest absolute Gasteiger partial charge is 0.450 e. The maximum absolute atomic E-state index is 12.7. The first-order chi connectivity index (χ1) is 14.0. The van der Waals surface area contributed by atoms with Gasteiger partial charge in [0, 0.05) is 16.0 Å². The molecule has 0 spiro atoms. The Labute approximate surface area is 181 Å². The predicted molar refractivity (Wildman–Crippen MR) is 117 cm³/mol. The van der Waals surface area contributed by atoms with E-state index in [0.29, 0.717) is 20.8 Å². The number of benzene rings is 2. The lowest BCUT2D eigenvalue weighted by Gasteiger charge is -2.12. The van der Waals surface area contributed by atoms with Crippen LogP contribution in [0, 0.1) is 6.92 Å². The summed E-state index contributed by atoms with van der Waals surface area (Å²) in [4.78, 5) is 27.6. The van der Waals surface area contributed by atoms with E-state index in [1.807, 2.05) is 61.5 Å².